The average Bonchev–Trinajstić information content (AvgIpc) is 2.60. The molecule has 1 N–H and O–H groups in total. The van der Waals surface area contributed by atoms with E-state index in [4.69, 9.17) is 0 Å². The van der Waals surface area contributed by atoms with Crippen molar-refractivity contribution in [1.82, 2.24) is 5.32 Å². The molecule has 0 unspecified atom stereocenters. The van der Waals surface area contributed by atoms with Crippen LogP contribution in [-0.4, -0.2) is 6.54 Å². The van der Waals surface area contributed by atoms with Gasteiger partial charge in [-0.05, 0) is 25.8 Å². The molecule has 1 nitrogen and oxygen atoms in total. The van der Waals surface area contributed by atoms with Crippen molar-refractivity contribution in [3.05, 3.63) is 23.9 Å². The van der Waals surface area contributed by atoms with Gasteiger partial charge >= 0.3 is 0 Å². The zero-order chi connectivity index (χ0) is 18.6. The second-order valence-corrected chi connectivity index (χ2v) is 7.71. The average molecular weight is 350 g/mol. The van der Waals surface area contributed by atoms with Crippen LogP contribution in [0.4, 0.5) is 0 Å². The van der Waals surface area contributed by atoms with Gasteiger partial charge in [-0.2, -0.15) is 0 Å². The summed E-state index contributed by atoms with van der Waals surface area (Å²) in [5.41, 5.74) is 2.35. The Morgan fingerprint density at radius 1 is 0.680 bits per heavy atom. The molecular weight excluding hydrogens is 302 g/mol. The van der Waals surface area contributed by atoms with Gasteiger partial charge in [0.25, 0.3) is 0 Å². The molecule has 0 aromatic carbocycles. The zero-order valence-electron chi connectivity index (χ0n) is 17.8. The van der Waals surface area contributed by atoms with Crippen LogP contribution in [0.5, 0.6) is 0 Å². The first-order valence-electron chi connectivity index (χ1n) is 11.3. The van der Waals surface area contributed by atoms with E-state index in [2.05, 4.69) is 38.7 Å². The lowest BCUT2D eigenvalue weighted by Crippen LogP contribution is -2.15. The molecule has 0 saturated heterocycles. The molecule has 0 aromatic rings. The smallest absolute Gasteiger partial charge is 0.0320 e. The van der Waals surface area contributed by atoms with Crippen LogP contribution in [-0.2, 0) is 0 Å². The van der Waals surface area contributed by atoms with Crippen LogP contribution in [0.25, 0.3) is 0 Å². The van der Waals surface area contributed by atoms with Crippen molar-refractivity contribution in [3.8, 4) is 0 Å². The molecule has 0 heterocycles. The van der Waals surface area contributed by atoms with Gasteiger partial charge in [0.15, 0.2) is 0 Å². The molecule has 0 fully saturated rings. The molecule has 0 rings (SSSR count). The third-order valence-corrected chi connectivity index (χ3v) is 5.09. The number of allylic oxidation sites excluding steroid dienone is 2. The highest BCUT2D eigenvalue weighted by Gasteiger charge is 1.96. The maximum Gasteiger partial charge on any atom is 0.0320 e. The quantitative estimate of drug-likeness (QED) is 0.182. The van der Waals surface area contributed by atoms with Crippen LogP contribution in [0.1, 0.15) is 124 Å². The molecule has 0 bridgehead atoms. The zero-order valence-corrected chi connectivity index (χ0v) is 17.8. The molecule has 0 spiro atoms. The highest BCUT2D eigenvalue weighted by atomic mass is 14.9. The molecule has 148 valence electrons. The summed E-state index contributed by atoms with van der Waals surface area (Å²) in [5.74, 6) is 0. The van der Waals surface area contributed by atoms with Crippen molar-refractivity contribution in [3.63, 3.8) is 0 Å². The van der Waals surface area contributed by atoms with Crippen LogP contribution in [0, 0.1) is 0 Å². The van der Waals surface area contributed by atoms with Crippen LogP contribution in [0.15, 0.2) is 23.9 Å². The minimum absolute atomic E-state index is 1.09. The van der Waals surface area contributed by atoms with Crippen molar-refractivity contribution < 1.29 is 0 Å². The van der Waals surface area contributed by atoms with Crippen molar-refractivity contribution in [2.75, 3.05) is 6.54 Å². The topological polar surface area (TPSA) is 12.0 Å². The fourth-order valence-electron chi connectivity index (χ4n) is 3.40. The maximum atomic E-state index is 3.99. The molecule has 0 saturated carbocycles. The van der Waals surface area contributed by atoms with Gasteiger partial charge in [-0.25, -0.2) is 0 Å². The van der Waals surface area contributed by atoms with Gasteiger partial charge in [0.2, 0.25) is 0 Å². The summed E-state index contributed by atoms with van der Waals surface area (Å²) in [6, 6.07) is 0. The van der Waals surface area contributed by atoms with Gasteiger partial charge in [0.05, 0.1) is 0 Å². The molecule has 0 aliphatic carbocycles. The molecule has 0 aliphatic rings. The Kier molecular flexibility index (Phi) is 19.0. The molecule has 0 amide bonds. The van der Waals surface area contributed by atoms with Crippen LogP contribution >= 0.6 is 0 Å². The monoisotopic (exact) mass is 349 g/mol. The first kappa shape index (κ1) is 24.3. The minimum atomic E-state index is 1.09. The minimum Gasteiger partial charge on any atom is -0.385 e. The van der Waals surface area contributed by atoms with Crippen molar-refractivity contribution in [2.24, 2.45) is 0 Å². The standard InChI is InChI=1S/C24H47N/c1-5-7-8-9-10-11-12-13-14-15-16-17-18-19-20-21-22-25-24(6-2)23(3)4/h6,25H,3,5,7-22H2,1-2,4H3/b24-6-. The van der Waals surface area contributed by atoms with Gasteiger partial charge in [0.1, 0.15) is 0 Å². The summed E-state index contributed by atoms with van der Waals surface area (Å²) in [6.45, 7) is 11.5. The summed E-state index contributed by atoms with van der Waals surface area (Å²) in [6.07, 6.45) is 25.0. The summed E-state index contributed by atoms with van der Waals surface area (Å²) in [7, 11) is 0. The van der Waals surface area contributed by atoms with E-state index in [1.54, 1.807) is 0 Å². The van der Waals surface area contributed by atoms with E-state index in [9.17, 15) is 0 Å². The molecule has 0 atom stereocenters. The third-order valence-electron chi connectivity index (χ3n) is 5.09. The number of hydrogen-bond acceptors (Lipinski definition) is 1. The lowest BCUT2D eigenvalue weighted by atomic mass is 10.0. The number of rotatable bonds is 19. The Morgan fingerprint density at radius 3 is 1.36 bits per heavy atom. The van der Waals surface area contributed by atoms with Gasteiger partial charge in [0, 0.05) is 12.2 Å². The Morgan fingerprint density at radius 2 is 1.04 bits per heavy atom. The van der Waals surface area contributed by atoms with Gasteiger partial charge in [-0.3, -0.25) is 0 Å². The molecule has 0 aliphatic heterocycles. The van der Waals surface area contributed by atoms with Crippen LogP contribution < -0.4 is 5.32 Å². The second-order valence-electron chi connectivity index (χ2n) is 7.71. The summed E-state index contributed by atoms with van der Waals surface area (Å²) in [5, 5.41) is 3.48. The molecule has 25 heavy (non-hydrogen) atoms. The van der Waals surface area contributed by atoms with Crippen LogP contribution in [0.2, 0.25) is 0 Å². The predicted molar refractivity (Wildman–Crippen MR) is 116 cm³/mol. The van der Waals surface area contributed by atoms with E-state index in [-0.39, 0.29) is 0 Å². The molecule has 0 radical (unpaired) electrons. The fourth-order valence-corrected chi connectivity index (χ4v) is 3.40. The van der Waals surface area contributed by atoms with Crippen molar-refractivity contribution >= 4 is 0 Å². The van der Waals surface area contributed by atoms with Crippen molar-refractivity contribution in [1.29, 1.82) is 0 Å². The molecule has 1 heteroatoms. The van der Waals surface area contributed by atoms with E-state index in [0.29, 0.717) is 0 Å². The first-order chi connectivity index (χ1) is 12.2. The number of unbranched alkanes of at least 4 members (excludes halogenated alkanes) is 15. The van der Waals surface area contributed by atoms with Gasteiger partial charge in [-0.1, -0.05) is 116 Å². The lowest BCUT2D eigenvalue weighted by Gasteiger charge is -2.10. The predicted octanol–water partition coefficient (Wildman–Crippen LogP) is 8.32. The van der Waals surface area contributed by atoms with Gasteiger partial charge in [-0.15, -0.1) is 0 Å². The van der Waals surface area contributed by atoms with E-state index in [1.165, 1.54) is 108 Å². The van der Waals surface area contributed by atoms with E-state index in [1.807, 2.05) is 0 Å². The highest BCUT2D eigenvalue weighted by Crippen LogP contribution is 2.13. The SMILES string of the molecule is C=C(C)/C(=C/C)NCCCCCCCCCCCCCCCCCC. The Hall–Kier alpha value is -0.720. The van der Waals surface area contributed by atoms with Gasteiger partial charge < -0.3 is 5.32 Å². The molecule has 0 aromatic heterocycles. The first-order valence-corrected chi connectivity index (χ1v) is 11.3. The van der Waals surface area contributed by atoms with E-state index < -0.39 is 0 Å². The maximum absolute atomic E-state index is 3.99. The number of hydrogen-bond donors (Lipinski definition) is 1. The Labute approximate surface area is 159 Å². The second kappa shape index (κ2) is 19.6. The molecular formula is C24H47N. The summed E-state index contributed by atoms with van der Waals surface area (Å²) in [4.78, 5) is 0. The van der Waals surface area contributed by atoms with Crippen molar-refractivity contribution in [2.45, 2.75) is 124 Å². The Balaban J connectivity index is 3.13. The Bertz CT molecular complexity index is 316. The lowest BCUT2D eigenvalue weighted by molar-refractivity contribution is 0.528. The summed E-state index contributed by atoms with van der Waals surface area (Å²) < 4.78 is 0. The fraction of sp³-hybridized carbons (Fsp3) is 0.833. The highest BCUT2D eigenvalue weighted by molar-refractivity contribution is 5.23. The number of nitrogens with one attached hydrogen (secondary N) is 1. The van der Waals surface area contributed by atoms with E-state index in [0.717, 1.165) is 12.1 Å². The summed E-state index contributed by atoms with van der Waals surface area (Å²) >= 11 is 0. The van der Waals surface area contributed by atoms with E-state index >= 15 is 0 Å². The normalized spacial score (nSPS) is 11.7. The third kappa shape index (κ3) is 17.9. The van der Waals surface area contributed by atoms with Crippen LogP contribution in [0.3, 0.4) is 0 Å². The largest absolute Gasteiger partial charge is 0.385 e.